The number of carbonyl (C=O) groups is 2. The standard InChI is InChI=1S/C18H18N6O4/c1-27-18(26)13-3-2-12(11-19-13)17(25)22-14-10-16(23-6-8-28-9-7-23)24-15(21-14)4-5-20-24/h2-5,10-11H,6-9H2,1H3,(H,21,22,25). The minimum atomic E-state index is -0.560. The van der Waals surface area contributed by atoms with E-state index in [1.54, 1.807) is 22.8 Å². The maximum Gasteiger partial charge on any atom is 0.356 e. The van der Waals surface area contributed by atoms with Crippen molar-refractivity contribution in [3.05, 3.63) is 47.9 Å². The SMILES string of the molecule is COC(=O)c1ccc(C(=O)Nc2cc(N3CCOCC3)n3nccc3n2)cn1. The summed E-state index contributed by atoms with van der Waals surface area (Å²) in [5.41, 5.74) is 1.06. The fourth-order valence-electron chi connectivity index (χ4n) is 2.92. The summed E-state index contributed by atoms with van der Waals surface area (Å²) in [6.07, 6.45) is 2.98. The van der Waals surface area contributed by atoms with Crippen molar-refractivity contribution >= 4 is 29.2 Å². The molecule has 1 N–H and O–H groups in total. The minimum Gasteiger partial charge on any atom is -0.464 e. The van der Waals surface area contributed by atoms with Gasteiger partial charge in [-0.3, -0.25) is 4.79 Å². The number of nitrogens with zero attached hydrogens (tertiary/aromatic N) is 5. The molecule has 1 saturated heterocycles. The van der Waals surface area contributed by atoms with Gasteiger partial charge in [0.15, 0.2) is 5.65 Å². The van der Waals surface area contributed by atoms with E-state index in [9.17, 15) is 9.59 Å². The van der Waals surface area contributed by atoms with Gasteiger partial charge in [0.2, 0.25) is 0 Å². The molecule has 0 aromatic carbocycles. The summed E-state index contributed by atoms with van der Waals surface area (Å²) in [6, 6.07) is 6.49. The molecule has 3 aromatic heterocycles. The van der Waals surface area contributed by atoms with E-state index >= 15 is 0 Å². The van der Waals surface area contributed by atoms with Crippen LogP contribution in [0.3, 0.4) is 0 Å². The summed E-state index contributed by atoms with van der Waals surface area (Å²) >= 11 is 0. The lowest BCUT2D eigenvalue weighted by Gasteiger charge is -2.29. The van der Waals surface area contributed by atoms with Crippen LogP contribution in [0.5, 0.6) is 0 Å². The first-order chi connectivity index (χ1) is 13.7. The molecule has 0 radical (unpaired) electrons. The van der Waals surface area contributed by atoms with Crippen LogP contribution in [0.4, 0.5) is 11.6 Å². The number of anilines is 2. The first-order valence-corrected chi connectivity index (χ1v) is 8.69. The molecule has 4 heterocycles. The first kappa shape index (κ1) is 17.9. The zero-order chi connectivity index (χ0) is 19.5. The van der Waals surface area contributed by atoms with Crippen LogP contribution in [0.2, 0.25) is 0 Å². The molecule has 0 bridgehead atoms. The van der Waals surface area contributed by atoms with E-state index in [4.69, 9.17) is 4.74 Å². The van der Waals surface area contributed by atoms with Gasteiger partial charge in [-0.1, -0.05) is 0 Å². The normalized spacial score (nSPS) is 14.1. The maximum absolute atomic E-state index is 12.6. The second-order valence-electron chi connectivity index (χ2n) is 6.08. The number of esters is 1. The number of pyridine rings is 1. The maximum atomic E-state index is 12.6. The van der Waals surface area contributed by atoms with Gasteiger partial charge in [-0.2, -0.15) is 9.61 Å². The Morgan fingerprint density at radius 3 is 2.75 bits per heavy atom. The van der Waals surface area contributed by atoms with Gasteiger partial charge in [-0.15, -0.1) is 0 Å². The van der Waals surface area contributed by atoms with Crippen LogP contribution < -0.4 is 10.2 Å². The molecule has 4 rings (SSSR count). The fourth-order valence-corrected chi connectivity index (χ4v) is 2.92. The molecule has 0 atom stereocenters. The second-order valence-corrected chi connectivity index (χ2v) is 6.08. The lowest BCUT2D eigenvalue weighted by Crippen LogP contribution is -2.37. The molecule has 10 nitrogen and oxygen atoms in total. The molecule has 28 heavy (non-hydrogen) atoms. The molecule has 0 unspecified atom stereocenters. The summed E-state index contributed by atoms with van der Waals surface area (Å²) in [7, 11) is 1.27. The van der Waals surface area contributed by atoms with Gasteiger partial charge < -0.3 is 19.7 Å². The third-order valence-electron chi connectivity index (χ3n) is 4.34. The van der Waals surface area contributed by atoms with Crippen molar-refractivity contribution in [3.63, 3.8) is 0 Å². The summed E-state index contributed by atoms with van der Waals surface area (Å²) in [5.74, 6) is 0.285. The fraction of sp³-hybridized carbons (Fsp3) is 0.278. The number of fused-ring (bicyclic) bond motifs is 1. The molecule has 10 heteroatoms. The molecular formula is C18H18N6O4. The van der Waals surface area contributed by atoms with Crippen LogP contribution in [-0.4, -0.2) is 64.9 Å². The quantitative estimate of drug-likeness (QED) is 0.666. The molecule has 1 aliphatic rings. The molecule has 1 amide bonds. The number of hydrogen-bond donors (Lipinski definition) is 1. The number of hydrogen-bond acceptors (Lipinski definition) is 8. The smallest absolute Gasteiger partial charge is 0.356 e. The number of morpholine rings is 1. The van der Waals surface area contributed by atoms with Crippen molar-refractivity contribution in [2.24, 2.45) is 0 Å². The van der Waals surface area contributed by atoms with E-state index in [0.29, 0.717) is 30.2 Å². The van der Waals surface area contributed by atoms with Crippen LogP contribution in [0, 0.1) is 0 Å². The van der Waals surface area contributed by atoms with E-state index in [2.05, 4.69) is 30.0 Å². The Balaban J connectivity index is 1.58. The van der Waals surface area contributed by atoms with Crippen molar-refractivity contribution < 1.29 is 19.1 Å². The molecule has 0 aliphatic carbocycles. The summed E-state index contributed by atoms with van der Waals surface area (Å²) in [4.78, 5) is 34.5. The number of methoxy groups -OCH3 is 1. The van der Waals surface area contributed by atoms with Crippen LogP contribution >= 0.6 is 0 Å². The molecular weight excluding hydrogens is 364 g/mol. The highest BCUT2D eigenvalue weighted by molar-refractivity contribution is 6.04. The van der Waals surface area contributed by atoms with Gasteiger partial charge in [-0.05, 0) is 12.1 Å². The van der Waals surface area contributed by atoms with Crippen LogP contribution in [0.25, 0.3) is 5.65 Å². The Hall–Kier alpha value is -3.53. The van der Waals surface area contributed by atoms with E-state index in [1.807, 2.05) is 0 Å². The van der Waals surface area contributed by atoms with E-state index < -0.39 is 5.97 Å². The number of amides is 1. The Morgan fingerprint density at radius 2 is 2.04 bits per heavy atom. The average Bonchev–Trinajstić information content (AvgIpc) is 3.22. The van der Waals surface area contributed by atoms with E-state index in [0.717, 1.165) is 18.9 Å². The summed E-state index contributed by atoms with van der Waals surface area (Å²) < 4.78 is 11.7. The lowest BCUT2D eigenvalue weighted by molar-refractivity contribution is 0.0593. The van der Waals surface area contributed by atoms with Crippen molar-refractivity contribution in [2.45, 2.75) is 0 Å². The Bertz CT molecular complexity index is 1010. The summed E-state index contributed by atoms with van der Waals surface area (Å²) in [6.45, 7) is 2.71. The third kappa shape index (κ3) is 3.49. The van der Waals surface area contributed by atoms with Crippen molar-refractivity contribution in [2.75, 3.05) is 43.6 Å². The van der Waals surface area contributed by atoms with Gasteiger partial charge in [0.25, 0.3) is 5.91 Å². The minimum absolute atomic E-state index is 0.132. The molecule has 3 aromatic rings. The number of ether oxygens (including phenoxy) is 2. The average molecular weight is 382 g/mol. The van der Waals surface area contributed by atoms with Crippen LogP contribution in [0.15, 0.2) is 36.7 Å². The second kappa shape index (κ2) is 7.61. The molecule has 1 fully saturated rings. The monoisotopic (exact) mass is 382 g/mol. The Kier molecular flexibility index (Phi) is 4.85. The van der Waals surface area contributed by atoms with Gasteiger partial charge in [0.05, 0.1) is 32.1 Å². The molecule has 1 aliphatic heterocycles. The zero-order valence-electron chi connectivity index (χ0n) is 15.2. The van der Waals surface area contributed by atoms with Crippen molar-refractivity contribution in [1.29, 1.82) is 0 Å². The van der Waals surface area contributed by atoms with E-state index in [-0.39, 0.29) is 11.6 Å². The largest absolute Gasteiger partial charge is 0.464 e. The highest BCUT2D eigenvalue weighted by Crippen LogP contribution is 2.21. The molecule has 0 saturated carbocycles. The number of aromatic nitrogens is 4. The highest BCUT2D eigenvalue weighted by Gasteiger charge is 2.18. The van der Waals surface area contributed by atoms with Gasteiger partial charge in [-0.25, -0.2) is 14.8 Å². The van der Waals surface area contributed by atoms with E-state index in [1.165, 1.54) is 25.4 Å². The number of carbonyl (C=O) groups excluding carboxylic acids is 2. The Labute approximate surface area is 160 Å². The van der Waals surface area contributed by atoms with Crippen molar-refractivity contribution in [3.8, 4) is 0 Å². The third-order valence-corrected chi connectivity index (χ3v) is 4.34. The lowest BCUT2D eigenvalue weighted by atomic mass is 10.2. The number of rotatable bonds is 4. The zero-order valence-corrected chi connectivity index (χ0v) is 15.2. The number of nitrogens with one attached hydrogen (secondary N) is 1. The van der Waals surface area contributed by atoms with Gasteiger partial charge in [0, 0.05) is 31.4 Å². The highest BCUT2D eigenvalue weighted by atomic mass is 16.5. The van der Waals surface area contributed by atoms with Gasteiger partial charge >= 0.3 is 5.97 Å². The van der Waals surface area contributed by atoms with Crippen molar-refractivity contribution in [1.82, 2.24) is 19.6 Å². The van der Waals surface area contributed by atoms with Crippen LogP contribution in [0.1, 0.15) is 20.8 Å². The summed E-state index contributed by atoms with van der Waals surface area (Å²) in [5, 5.41) is 7.09. The predicted molar refractivity (Wildman–Crippen MR) is 99.5 cm³/mol. The molecule has 0 spiro atoms. The van der Waals surface area contributed by atoms with Crippen LogP contribution in [-0.2, 0) is 9.47 Å². The Morgan fingerprint density at radius 1 is 1.21 bits per heavy atom. The van der Waals surface area contributed by atoms with Gasteiger partial charge in [0.1, 0.15) is 17.3 Å². The first-order valence-electron chi connectivity index (χ1n) is 8.69. The predicted octanol–water partition coefficient (Wildman–Crippen LogP) is 1.000. The topological polar surface area (TPSA) is 111 Å². The molecule has 144 valence electrons.